The van der Waals surface area contributed by atoms with E-state index in [1.165, 1.54) is 0 Å². The Morgan fingerprint density at radius 2 is 1.84 bits per heavy atom. The highest BCUT2D eigenvalue weighted by Gasteiger charge is 2.25. The Morgan fingerprint density at radius 3 is 2.42 bits per heavy atom. The molecule has 0 fully saturated rings. The van der Waals surface area contributed by atoms with Crippen molar-refractivity contribution in [1.29, 1.82) is 0 Å². The van der Waals surface area contributed by atoms with Crippen LogP contribution in [-0.4, -0.2) is 18.7 Å². The first-order chi connectivity index (χ1) is 9.01. The molecule has 0 radical (unpaired) electrons. The van der Waals surface area contributed by atoms with E-state index in [1.54, 1.807) is 24.3 Å². The van der Waals surface area contributed by atoms with E-state index in [9.17, 15) is 13.2 Å². The maximum absolute atomic E-state index is 11.9. The molecule has 0 bridgehead atoms. The Hall–Kier alpha value is -1.34. The van der Waals surface area contributed by atoms with Gasteiger partial charge in [-0.3, -0.25) is 0 Å². The third-order valence-corrected chi connectivity index (χ3v) is 2.37. The molecule has 0 saturated carbocycles. The third kappa shape index (κ3) is 7.63. The average Bonchev–Trinajstić information content (AvgIpc) is 2.36. The minimum Gasteiger partial charge on any atom is -0.494 e. The van der Waals surface area contributed by atoms with Crippen LogP contribution in [0.1, 0.15) is 24.8 Å². The van der Waals surface area contributed by atoms with Crippen LogP contribution in [0.4, 0.5) is 13.2 Å². The summed E-state index contributed by atoms with van der Waals surface area (Å²) in [5.41, 5.74) is 0.827. The second-order valence-corrected chi connectivity index (χ2v) is 4.21. The van der Waals surface area contributed by atoms with Crippen LogP contribution in [0.5, 0.6) is 5.75 Å². The van der Waals surface area contributed by atoms with E-state index in [4.69, 9.17) is 16.3 Å². The van der Waals surface area contributed by atoms with Crippen LogP contribution in [-0.2, 0) is 0 Å². The quantitative estimate of drug-likeness (QED) is 0.444. The lowest BCUT2D eigenvalue weighted by Crippen LogP contribution is -2.09. The second-order valence-electron chi connectivity index (χ2n) is 3.83. The molecule has 0 aliphatic rings. The van der Waals surface area contributed by atoms with Crippen molar-refractivity contribution in [2.45, 2.75) is 25.4 Å². The maximum Gasteiger partial charge on any atom is 0.389 e. The zero-order valence-corrected chi connectivity index (χ0v) is 11.0. The van der Waals surface area contributed by atoms with E-state index in [0.717, 1.165) is 5.56 Å². The smallest absolute Gasteiger partial charge is 0.389 e. The molecule has 19 heavy (non-hydrogen) atoms. The van der Waals surface area contributed by atoms with Crippen molar-refractivity contribution in [3.8, 4) is 17.6 Å². The molecule has 1 nitrogen and oxygen atoms in total. The summed E-state index contributed by atoms with van der Waals surface area (Å²) in [5.74, 6) is 6.85. The Kier molecular flexibility index (Phi) is 6.58. The van der Waals surface area contributed by atoms with Crippen molar-refractivity contribution in [3.63, 3.8) is 0 Å². The summed E-state index contributed by atoms with van der Waals surface area (Å²) in [6.45, 7) is 0.0524. The van der Waals surface area contributed by atoms with Gasteiger partial charge in [0.1, 0.15) is 5.75 Å². The molecule has 104 valence electrons. The van der Waals surface area contributed by atoms with Gasteiger partial charge in [-0.1, -0.05) is 11.8 Å². The van der Waals surface area contributed by atoms with Crippen molar-refractivity contribution in [1.82, 2.24) is 0 Å². The van der Waals surface area contributed by atoms with Crippen LogP contribution in [0.3, 0.4) is 0 Å². The maximum atomic E-state index is 11.9. The molecule has 1 aromatic carbocycles. The standard InChI is InChI=1S/C14H14ClF3O/c15-10-2-1-4-12-5-7-13(8-6-12)19-11-3-9-14(16,17)18/h5-8H,2-3,9-11H2. The summed E-state index contributed by atoms with van der Waals surface area (Å²) in [5, 5.41) is 0. The van der Waals surface area contributed by atoms with Crippen molar-refractivity contribution in [3.05, 3.63) is 29.8 Å². The molecule has 0 amide bonds. The molecule has 0 aromatic heterocycles. The van der Waals surface area contributed by atoms with Crippen LogP contribution >= 0.6 is 11.6 Å². The highest BCUT2D eigenvalue weighted by molar-refractivity contribution is 6.18. The molecule has 0 saturated heterocycles. The van der Waals surface area contributed by atoms with Gasteiger partial charge in [-0.2, -0.15) is 13.2 Å². The highest BCUT2D eigenvalue weighted by Crippen LogP contribution is 2.21. The SMILES string of the molecule is FC(F)(F)CCCOc1ccc(C#CCCCl)cc1. The number of ether oxygens (including phenoxy) is 1. The summed E-state index contributed by atoms with van der Waals surface area (Å²) in [7, 11) is 0. The van der Waals surface area contributed by atoms with Crippen molar-refractivity contribution in [2.24, 2.45) is 0 Å². The van der Waals surface area contributed by atoms with Gasteiger partial charge in [-0.05, 0) is 30.7 Å². The molecule has 0 unspecified atom stereocenters. The summed E-state index contributed by atoms with van der Waals surface area (Å²) >= 11 is 5.49. The number of halogens is 4. The lowest BCUT2D eigenvalue weighted by atomic mass is 10.2. The van der Waals surface area contributed by atoms with Gasteiger partial charge in [0.05, 0.1) is 6.61 Å². The second kappa shape index (κ2) is 7.96. The predicted octanol–water partition coefficient (Wildman–Crippen LogP) is 4.39. The molecule has 0 atom stereocenters. The predicted molar refractivity (Wildman–Crippen MR) is 69.4 cm³/mol. The van der Waals surface area contributed by atoms with E-state index in [0.29, 0.717) is 18.1 Å². The Bertz CT molecular complexity index is 429. The number of hydrogen-bond acceptors (Lipinski definition) is 1. The van der Waals surface area contributed by atoms with E-state index in [-0.39, 0.29) is 13.0 Å². The van der Waals surface area contributed by atoms with Crippen molar-refractivity contribution >= 4 is 11.6 Å². The fraction of sp³-hybridized carbons (Fsp3) is 0.429. The number of benzene rings is 1. The van der Waals surface area contributed by atoms with Gasteiger partial charge in [-0.25, -0.2) is 0 Å². The van der Waals surface area contributed by atoms with Crippen molar-refractivity contribution in [2.75, 3.05) is 12.5 Å². The van der Waals surface area contributed by atoms with Gasteiger partial charge >= 0.3 is 6.18 Å². The van der Waals surface area contributed by atoms with Crippen LogP contribution < -0.4 is 4.74 Å². The first-order valence-corrected chi connectivity index (χ1v) is 6.39. The molecule has 1 rings (SSSR count). The number of rotatable bonds is 5. The summed E-state index contributed by atoms with van der Waals surface area (Å²) < 4.78 is 40.9. The molecular formula is C14H14ClF3O. The van der Waals surface area contributed by atoms with Crippen LogP contribution in [0.2, 0.25) is 0 Å². The van der Waals surface area contributed by atoms with E-state index < -0.39 is 12.6 Å². The molecule has 0 heterocycles. The fourth-order valence-corrected chi connectivity index (χ4v) is 1.40. The van der Waals surface area contributed by atoms with E-state index in [1.807, 2.05) is 0 Å². The number of alkyl halides is 4. The monoisotopic (exact) mass is 290 g/mol. The highest BCUT2D eigenvalue weighted by atomic mass is 35.5. The molecule has 5 heteroatoms. The molecule has 0 N–H and O–H groups in total. The molecule has 0 aliphatic carbocycles. The molecular weight excluding hydrogens is 277 g/mol. The fourth-order valence-electron chi connectivity index (χ4n) is 1.31. The topological polar surface area (TPSA) is 9.23 Å². The summed E-state index contributed by atoms with van der Waals surface area (Å²) in [6, 6.07) is 6.91. The van der Waals surface area contributed by atoms with E-state index >= 15 is 0 Å². The van der Waals surface area contributed by atoms with Gasteiger partial charge in [0.15, 0.2) is 0 Å². The first kappa shape index (κ1) is 15.7. The van der Waals surface area contributed by atoms with Crippen molar-refractivity contribution < 1.29 is 17.9 Å². The molecule has 0 aliphatic heterocycles. The largest absolute Gasteiger partial charge is 0.494 e. The Balaban J connectivity index is 2.35. The summed E-state index contributed by atoms with van der Waals surface area (Å²) in [4.78, 5) is 0. The van der Waals surface area contributed by atoms with Gasteiger partial charge in [-0.15, -0.1) is 11.6 Å². The number of hydrogen-bond donors (Lipinski definition) is 0. The van der Waals surface area contributed by atoms with Crippen LogP contribution in [0, 0.1) is 11.8 Å². The first-order valence-electron chi connectivity index (χ1n) is 5.86. The molecule has 1 aromatic rings. The zero-order valence-electron chi connectivity index (χ0n) is 10.3. The summed E-state index contributed by atoms with van der Waals surface area (Å²) in [6.07, 6.45) is -4.36. The van der Waals surface area contributed by atoms with Gasteiger partial charge in [0, 0.05) is 24.3 Å². The lowest BCUT2D eigenvalue weighted by molar-refractivity contribution is -0.136. The average molecular weight is 291 g/mol. The molecule has 0 spiro atoms. The van der Waals surface area contributed by atoms with Gasteiger partial charge in [0.25, 0.3) is 0 Å². The van der Waals surface area contributed by atoms with Gasteiger partial charge in [0.2, 0.25) is 0 Å². The Morgan fingerprint density at radius 1 is 1.16 bits per heavy atom. The van der Waals surface area contributed by atoms with Crippen LogP contribution in [0.15, 0.2) is 24.3 Å². The Labute approximate surface area is 115 Å². The third-order valence-electron chi connectivity index (χ3n) is 2.18. The minimum atomic E-state index is -4.12. The van der Waals surface area contributed by atoms with E-state index in [2.05, 4.69) is 11.8 Å². The minimum absolute atomic E-state index is 0.0409. The van der Waals surface area contributed by atoms with Gasteiger partial charge < -0.3 is 4.74 Å². The zero-order chi connectivity index (χ0) is 14.1. The van der Waals surface area contributed by atoms with Crippen LogP contribution in [0.25, 0.3) is 0 Å². The normalized spacial score (nSPS) is 10.7. The lowest BCUT2D eigenvalue weighted by Gasteiger charge is -2.08.